The summed E-state index contributed by atoms with van der Waals surface area (Å²) >= 11 is 0. The maximum atomic E-state index is 11.9. The third-order valence-electron chi connectivity index (χ3n) is 3.69. The van der Waals surface area contributed by atoms with Crippen LogP contribution in [0.3, 0.4) is 0 Å². The Balaban J connectivity index is 2.20. The lowest BCUT2D eigenvalue weighted by Gasteiger charge is -2.32. The van der Waals surface area contributed by atoms with Gasteiger partial charge in [-0.1, -0.05) is 0 Å². The molecule has 1 aliphatic heterocycles. The number of hydrogen-bond acceptors (Lipinski definition) is 15. The molecule has 18 nitrogen and oxygen atoms in total. The first kappa shape index (κ1) is 26.2. The van der Waals surface area contributed by atoms with Crippen molar-refractivity contribution in [2.45, 2.75) is 24.2 Å². The predicted octanol–water partition coefficient (Wildman–Crippen LogP) is -3.50. The number of nitrogen functional groups attached to an aromatic ring is 1. The van der Waals surface area contributed by atoms with Gasteiger partial charge < -0.3 is 45.0 Å². The lowest BCUT2D eigenvalue weighted by Crippen LogP contribution is -2.48. The zero-order chi connectivity index (χ0) is 23.8. The number of rotatable bonds is 9. The van der Waals surface area contributed by atoms with Crippen LogP contribution in [0.1, 0.15) is 6.23 Å². The molecule has 0 aromatic carbocycles. The van der Waals surface area contributed by atoms with Crippen molar-refractivity contribution in [2.24, 2.45) is 0 Å². The number of nitrogens with two attached hydrogens (primary N) is 1. The molecule has 7 atom stereocenters. The van der Waals surface area contributed by atoms with Crippen molar-refractivity contribution in [3.8, 4) is 0 Å². The number of nitrogens with zero attached hydrogens (tertiary/aromatic N) is 2. The van der Waals surface area contributed by atoms with Crippen molar-refractivity contribution >= 4 is 29.3 Å². The molecule has 0 amide bonds. The van der Waals surface area contributed by atoms with Gasteiger partial charge in [0.1, 0.15) is 24.6 Å². The molecular formula is C10H16N3O15P3-2. The summed E-state index contributed by atoms with van der Waals surface area (Å²) < 4.78 is 55.4. The summed E-state index contributed by atoms with van der Waals surface area (Å²) in [7, 11) is -16.8. The van der Waals surface area contributed by atoms with Gasteiger partial charge in [0.2, 0.25) is 5.79 Å². The average Bonchev–Trinajstić information content (AvgIpc) is 2.82. The molecule has 1 aliphatic rings. The summed E-state index contributed by atoms with van der Waals surface area (Å²) in [5.74, 6) is -2.62. The monoisotopic (exact) mass is 511 g/mol. The minimum Gasteiger partial charge on any atom is -0.756 e. The van der Waals surface area contributed by atoms with Crippen molar-refractivity contribution in [3.05, 3.63) is 22.7 Å². The second-order valence-electron chi connectivity index (χ2n) is 5.82. The van der Waals surface area contributed by atoms with Gasteiger partial charge in [0.05, 0.1) is 0 Å². The van der Waals surface area contributed by atoms with Gasteiger partial charge in [-0.15, -0.1) is 0 Å². The van der Waals surface area contributed by atoms with E-state index in [-0.39, 0.29) is 5.82 Å². The number of hydrogen-bond donors (Lipinski definition) is 5. The van der Waals surface area contributed by atoms with E-state index in [0.717, 1.165) is 19.4 Å². The van der Waals surface area contributed by atoms with Crippen LogP contribution >= 0.6 is 23.5 Å². The molecule has 31 heavy (non-hydrogen) atoms. The highest BCUT2D eigenvalue weighted by Gasteiger charge is 2.57. The molecule has 178 valence electrons. The Hall–Kier alpha value is -1.07. The molecule has 1 aromatic heterocycles. The van der Waals surface area contributed by atoms with Crippen LogP contribution in [0.4, 0.5) is 5.82 Å². The Morgan fingerprint density at radius 3 is 2.42 bits per heavy atom. The summed E-state index contributed by atoms with van der Waals surface area (Å²) in [4.78, 5) is 54.9. The molecule has 3 unspecified atom stereocenters. The minimum absolute atomic E-state index is 0.163. The number of ether oxygens (including phenoxy) is 2. The van der Waals surface area contributed by atoms with Gasteiger partial charge in [-0.2, -0.15) is 4.98 Å². The topological polar surface area (TPSA) is 285 Å². The van der Waals surface area contributed by atoms with Crippen LogP contribution in [0.25, 0.3) is 0 Å². The first-order chi connectivity index (χ1) is 14.0. The quantitative estimate of drug-likeness (QED) is 0.201. The van der Waals surface area contributed by atoms with Gasteiger partial charge in [0.25, 0.3) is 15.6 Å². The minimum atomic E-state index is -6.10. The second-order valence-corrected chi connectivity index (χ2v) is 10.2. The number of methoxy groups -OCH3 is 1. The van der Waals surface area contributed by atoms with Crippen molar-refractivity contribution in [3.63, 3.8) is 0 Å². The van der Waals surface area contributed by atoms with Crippen molar-refractivity contribution < 1.29 is 66.1 Å². The second kappa shape index (κ2) is 9.05. The molecule has 2 rings (SSSR count). The fourth-order valence-corrected chi connectivity index (χ4v) is 5.35. The average molecular weight is 511 g/mol. The zero-order valence-electron chi connectivity index (χ0n) is 15.2. The first-order valence-corrected chi connectivity index (χ1v) is 12.1. The van der Waals surface area contributed by atoms with Crippen LogP contribution in [-0.4, -0.2) is 61.3 Å². The van der Waals surface area contributed by atoms with E-state index in [1.54, 1.807) is 0 Å². The van der Waals surface area contributed by atoms with E-state index in [1.807, 2.05) is 0 Å². The van der Waals surface area contributed by atoms with Crippen LogP contribution in [0.15, 0.2) is 17.1 Å². The number of anilines is 1. The zero-order valence-corrected chi connectivity index (χ0v) is 17.9. The molecule has 2 heterocycles. The highest BCUT2D eigenvalue weighted by molar-refractivity contribution is 7.65. The highest BCUT2D eigenvalue weighted by atomic mass is 31.3. The molecule has 1 fully saturated rings. The van der Waals surface area contributed by atoms with E-state index < -0.39 is 60.0 Å². The Morgan fingerprint density at radius 1 is 1.29 bits per heavy atom. The summed E-state index contributed by atoms with van der Waals surface area (Å²) in [5, 5.41) is 20.5. The molecule has 0 radical (unpaired) electrons. The van der Waals surface area contributed by atoms with E-state index in [2.05, 4.69) is 18.1 Å². The molecule has 21 heteroatoms. The van der Waals surface area contributed by atoms with E-state index in [9.17, 15) is 43.4 Å². The SMILES string of the molecule is CO[C@]1(COP(=O)(O)OP(=O)([O-])OP(=O)([O-])O)O[C@@H](n2ccc(N)nc2=O)[C@H](O)[C@@H]1O. The van der Waals surface area contributed by atoms with Crippen LogP contribution in [0, 0.1) is 0 Å². The van der Waals surface area contributed by atoms with Crippen LogP contribution < -0.4 is 21.2 Å². The normalized spacial score (nSPS) is 32.2. The lowest BCUT2D eigenvalue weighted by molar-refractivity contribution is -0.268. The van der Waals surface area contributed by atoms with Gasteiger partial charge in [0.15, 0.2) is 6.23 Å². The van der Waals surface area contributed by atoms with E-state index in [1.165, 1.54) is 0 Å². The molecule has 0 spiro atoms. The highest BCUT2D eigenvalue weighted by Crippen LogP contribution is 2.63. The molecule has 0 saturated carbocycles. The van der Waals surface area contributed by atoms with Gasteiger partial charge in [-0.05, 0) is 6.07 Å². The van der Waals surface area contributed by atoms with E-state index in [4.69, 9.17) is 20.1 Å². The number of aliphatic hydroxyl groups is 2. The van der Waals surface area contributed by atoms with E-state index in [0.29, 0.717) is 4.57 Å². The first-order valence-electron chi connectivity index (χ1n) is 7.69. The Bertz CT molecular complexity index is 1010. The summed E-state index contributed by atoms with van der Waals surface area (Å²) in [6.07, 6.45) is -4.53. The Labute approximate surface area is 172 Å². The fraction of sp³-hybridized carbons (Fsp3) is 0.600. The molecule has 6 N–H and O–H groups in total. The van der Waals surface area contributed by atoms with Gasteiger partial charge >= 0.3 is 13.5 Å². The smallest absolute Gasteiger partial charge is 0.478 e. The summed E-state index contributed by atoms with van der Waals surface area (Å²) in [6.45, 7) is -1.29. The third-order valence-corrected chi connectivity index (χ3v) is 7.40. The fourth-order valence-electron chi connectivity index (χ4n) is 2.41. The van der Waals surface area contributed by atoms with Crippen molar-refractivity contribution in [1.82, 2.24) is 9.55 Å². The van der Waals surface area contributed by atoms with Crippen molar-refractivity contribution in [1.29, 1.82) is 0 Å². The van der Waals surface area contributed by atoms with Gasteiger partial charge in [-0.25, -0.2) is 18.0 Å². The molecule has 1 aromatic rings. The Morgan fingerprint density at radius 2 is 1.90 bits per heavy atom. The summed E-state index contributed by atoms with van der Waals surface area (Å²) in [5.41, 5.74) is 4.34. The Kier molecular flexibility index (Phi) is 7.65. The molecule has 0 aliphatic carbocycles. The van der Waals surface area contributed by atoms with Crippen LogP contribution in [0.5, 0.6) is 0 Å². The maximum absolute atomic E-state index is 11.9. The number of aliphatic hydroxyl groups excluding tert-OH is 2. The van der Waals surface area contributed by atoms with Crippen LogP contribution in [0.2, 0.25) is 0 Å². The standard InChI is InChI=1S/C10H18N3O15P3/c1-24-10(4-25-30(20,21)28-31(22,23)27-29(17,18)19)7(15)6(14)8(26-10)13-3-2-5(11)12-9(13)16/h2-3,6-8,14-15H,4H2,1H3,(H,20,21)(H,22,23)(H2,11,12,16)(H2,17,18,19)/p-2/t6-,7+,8-,10-/m1/s1. The molecule has 1 saturated heterocycles. The third kappa shape index (κ3) is 6.47. The molecule has 0 bridgehead atoms. The van der Waals surface area contributed by atoms with Crippen LogP contribution in [-0.2, 0) is 36.3 Å². The van der Waals surface area contributed by atoms with Gasteiger partial charge in [-0.3, -0.25) is 18.2 Å². The molecular weight excluding hydrogens is 495 g/mol. The number of aromatic nitrogens is 2. The van der Waals surface area contributed by atoms with Crippen molar-refractivity contribution in [2.75, 3.05) is 19.5 Å². The maximum Gasteiger partial charge on any atom is 0.478 e. The van der Waals surface area contributed by atoms with Gasteiger partial charge in [0, 0.05) is 13.3 Å². The largest absolute Gasteiger partial charge is 0.756 e. The lowest BCUT2D eigenvalue weighted by atomic mass is 10.1. The predicted molar refractivity (Wildman–Crippen MR) is 90.2 cm³/mol. The van der Waals surface area contributed by atoms with E-state index >= 15 is 0 Å². The number of phosphoric ester groups is 1. The summed E-state index contributed by atoms with van der Waals surface area (Å²) in [6, 6.07) is 1.16. The number of phosphoric acid groups is 3.